The van der Waals surface area contributed by atoms with Gasteiger partial charge in [-0.3, -0.25) is 14.4 Å². The number of carboxylic acid groups (broad SMARTS) is 1. The lowest BCUT2D eigenvalue weighted by atomic mass is 9.53. The Labute approximate surface area is 148 Å². The van der Waals surface area contributed by atoms with Crippen molar-refractivity contribution in [3.8, 4) is 0 Å². The van der Waals surface area contributed by atoms with Crippen LogP contribution in [0.4, 0.5) is 0 Å². The van der Waals surface area contributed by atoms with Gasteiger partial charge in [-0.25, -0.2) is 0 Å². The summed E-state index contributed by atoms with van der Waals surface area (Å²) in [7, 11) is 0. The van der Waals surface area contributed by atoms with Crippen LogP contribution in [0.3, 0.4) is 0 Å². The molecule has 25 heavy (non-hydrogen) atoms. The minimum absolute atomic E-state index is 0.0754. The summed E-state index contributed by atoms with van der Waals surface area (Å²) in [5.74, 6) is 0.406. The van der Waals surface area contributed by atoms with Crippen molar-refractivity contribution in [3.63, 3.8) is 0 Å². The molecular weight excluding hydrogens is 322 g/mol. The quantitative estimate of drug-likeness (QED) is 0.540. The van der Waals surface area contributed by atoms with Crippen molar-refractivity contribution in [2.75, 3.05) is 0 Å². The summed E-state index contributed by atoms with van der Waals surface area (Å²) in [5, 5.41) is 14.7. The molecule has 4 rings (SSSR count). The van der Waals surface area contributed by atoms with Crippen LogP contribution in [-0.4, -0.2) is 40.5 Å². The van der Waals surface area contributed by atoms with Crippen LogP contribution in [-0.2, 0) is 14.4 Å². The molecule has 5 N–H and O–H groups in total. The molecule has 0 aromatic rings. The molecule has 2 amide bonds. The number of carboxylic acids is 1. The van der Waals surface area contributed by atoms with Crippen molar-refractivity contribution >= 4 is 17.8 Å². The predicted molar refractivity (Wildman–Crippen MR) is 91.5 cm³/mol. The molecule has 140 valence electrons. The van der Waals surface area contributed by atoms with Crippen LogP contribution in [0.25, 0.3) is 0 Å². The summed E-state index contributed by atoms with van der Waals surface area (Å²) in [6.07, 6.45) is 6.77. The molecule has 0 saturated heterocycles. The number of nitrogens with two attached hydrogens (primary N) is 1. The Morgan fingerprint density at radius 2 is 1.60 bits per heavy atom. The first-order chi connectivity index (χ1) is 11.8. The van der Waals surface area contributed by atoms with Crippen LogP contribution in [0.5, 0.6) is 0 Å². The number of aliphatic carboxylic acids is 1. The molecule has 4 bridgehead atoms. The van der Waals surface area contributed by atoms with Crippen molar-refractivity contribution < 1.29 is 19.5 Å². The molecule has 0 spiro atoms. The Balaban J connectivity index is 1.66. The Bertz CT molecular complexity index is 525. The zero-order valence-electron chi connectivity index (χ0n) is 14.8. The van der Waals surface area contributed by atoms with Crippen molar-refractivity contribution in [2.24, 2.45) is 23.5 Å². The Kier molecular flexibility index (Phi) is 5.04. The topological polar surface area (TPSA) is 122 Å². The van der Waals surface area contributed by atoms with E-state index in [-0.39, 0.29) is 24.3 Å². The molecule has 4 aliphatic rings. The van der Waals surface area contributed by atoms with Gasteiger partial charge >= 0.3 is 5.97 Å². The lowest BCUT2D eigenvalue weighted by Crippen LogP contribution is -2.63. The van der Waals surface area contributed by atoms with Gasteiger partial charge in [-0.15, -0.1) is 0 Å². The standard InChI is InChI=1S/C18H29N3O4/c1-10(19)16(24)20-14(2-3-15(22)23)17(25)21-18-7-11-4-12(8-18)6-13(5-11)9-18/h10-14H,2-9,19H2,1H3,(H,20,24)(H,21,25)(H,22,23)/t10-,11?,12?,13?,14+,18?/m1/s1. The van der Waals surface area contributed by atoms with Crippen molar-refractivity contribution in [3.05, 3.63) is 0 Å². The summed E-state index contributed by atoms with van der Waals surface area (Å²) in [6.45, 7) is 1.54. The highest BCUT2D eigenvalue weighted by atomic mass is 16.4. The maximum atomic E-state index is 12.8. The predicted octanol–water partition coefficient (Wildman–Crippen LogP) is 0.768. The maximum absolute atomic E-state index is 12.8. The summed E-state index contributed by atoms with van der Waals surface area (Å²) in [4.78, 5) is 35.6. The first kappa shape index (κ1) is 18.2. The van der Waals surface area contributed by atoms with E-state index in [1.807, 2.05) is 0 Å². The second kappa shape index (κ2) is 6.94. The largest absolute Gasteiger partial charge is 0.481 e. The van der Waals surface area contributed by atoms with E-state index in [0.717, 1.165) is 19.3 Å². The van der Waals surface area contributed by atoms with Gasteiger partial charge in [0.2, 0.25) is 11.8 Å². The van der Waals surface area contributed by atoms with E-state index in [4.69, 9.17) is 10.8 Å². The van der Waals surface area contributed by atoms with Gasteiger partial charge in [0, 0.05) is 12.0 Å². The summed E-state index contributed by atoms with van der Waals surface area (Å²) in [5.41, 5.74) is 5.41. The van der Waals surface area contributed by atoms with E-state index in [0.29, 0.717) is 17.8 Å². The van der Waals surface area contributed by atoms with Gasteiger partial charge < -0.3 is 21.5 Å². The minimum atomic E-state index is -0.984. The molecule has 4 aliphatic carbocycles. The number of rotatable bonds is 7. The Morgan fingerprint density at radius 3 is 2.04 bits per heavy atom. The number of carbonyl (C=O) groups is 3. The van der Waals surface area contributed by atoms with Gasteiger partial charge in [0.1, 0.15) is 6.04 Å². The Hall–Kier alpha value is -1.63. The lowest BCUT2D eigenvalue weighted by Gasteiger charge is -2.57. The van der Waals surface area contributed by atoms with Crippen LogP contribution in [0.15, 0.2) is 0 Å². The highest BCUT2D eigenvalue weighted by Gasteiger charge is 2.51. The normalized spacial score (nSPS) is 35.0. The number of amides is 2. The third kappa shape index (κ3) is 4.14. The zero-order valence-corrected chi connectivity index (χ0v) is 14.8. The molecule has 0 heterocycles. The summed E-state index contributed by atoms with van der Waals surface area (Å²) in [6, 6.07) is -1.58. The van der Waals surface area contributed by atoms with Crippen molar-refractivity contribution in [2.45, 2.75) is 75.9 Å². The molecule has 7 heteroatoms. The molecule has 4 fully saturated rings. The molecule has 0 unspecified atom stereocenters. The van der Waals surface area contributed by atoms with Gasteiger partial charge in [-0.1, -0.05) is 0 Å². The fraction of sp³-hybridized carbons (Fsp3) is 0.833. The zero-order chi connectivity index (χ0) is 18.2. The molecule has 0 radical (unpaired) electrons. The van der Waals surface area contributed by atoms with E-state index in [1.54, 1.807) is 6.92 Å². The van der Waals surface area contributed by atoms with Crippen molar-refractivity contribution in [1.82, 2.24) is 10.6 Å². The fourth-order valence-electron chi connectivity index (χ4n) is 5.45. The Morgan fingerprint density at radius 1 is 1.08 bits per heavy atom. The maximum Gasteiger partial charge on any atom is 0.303 e. The number of carbonyl (C=O) groups excluding carboxylic acids is 2. The molecule has 7 nitrogen and oxygen atoms in total. The SMILES string of the molecule is C[C@@H](N)C(=O)N[C@@H](CCC(=O)O)C(=O)NC12CC3CC(CC(C3)C1)C2. The van der Waals surface area contributed by atoms with Crippen molar-refractivity contribution in [1.29, 1.82) is 0 Å². The monoisotopic (exact) mass is 351 g/mol. The minimum Gasteiger partial charge on any atom is -0.481 e. The third-order valence-corrected chi connectivity index (χ3v) is 6.12. The summed E-state index contributed by atoms with van der Waals surface area (Å²) >= 11 is 0. The van der Waals surface area contributed by atoms with Gasteiger partial charge in [0.15, 0.2) is 0 Å². The van der Waals surface area contributed by atoms with Gasteiger partial charge in [-0.05, 0) is 69.6 Å². The summed E-state index contributed by atoms with van der Waals surface area (Å²) < 4.78 is 0. The fourth-order valence-corrected chi connectivity index (χ4v) is 5.45. The first-order valence-corrected chi connectivity index (χ1v) is 9.36. The van der Waals surface area contributed by atoms with E-state index in [9.17, 15) is 14.4 Å². The van der Waals surface area contributed by atoms with E-state index in [1.165, 1.54) is 19.3 Å². The van der Waals surface area contributed by atoms with Crippen LogP contribution in [0, 0.1) is 17.8 Å². The molecule has 0 aliphatic heterocycles. The molecule has 0 aromatic carbocycles. The average Bonchev–Trinajstić information content (AvgIpc) is 2.48. The molecule has 4 saturated carbocycles. The molecular formula is C18H29N3O4. The molecule has 0 aromatic heterocycles. The number of hydrogen-bond acceptors (Lipinski definition) is 4. The lowest BCUT2D eigenvalue weighted by molar-refractivity contribution is -0.138. The molecule has 2 atom stereocenters. The van der Waals surface area contributed by atoms with Gasteiger partial charge in [-0.2, -0.15) is 0 Å². The van der Waals surface area contributed by atoms with Crippen LogP contribution in [0.1, 0.15) is 58.3 Å². The highest BCUT2D eigenvalue weighted by molar-refractivity contribution is 5.90. The second-order valence-electron chi connectivity index (χ2n) is 8.47. The van der Waals surface area contributed by atoms with Crippen LogP contribution >= 0.6 is 0 Å². The average molecular weight is 351 g/mol. The van der Waals surface area contributed by atoms with Gasteiger partial charge in [0.25, 0.3) is 0 Å². The second-order valence-corrected chi connectivity index (χ2v) is 8.47. The highest BCUT2D eigenvalue weighted by Crippen LogP contribution is 2.55. The first-order valence-electron chi connectivity index (χ1n) is 9.36. The van der Waals surface area contributed by atoms with Crippen LogP contribution in [0.2, 0.25) is 0 Å². The number of hydrogen-bond donors (Lipinski definition) is 4. The van der Waals surface area contributed by atoms with E-state index < -0.39 is 24.0 Å². The third-order valence-electron chi connectivity index (χ3n) is 6.12. The van der Waals surface area contributed by atoms with Crippen LogP contribution < -0.4 is 16.4 Å². The van der Waals surface area contributed by atoms with E-state index >= 15 is 0 Å². The smallest absolute Gasteiger partial charge is 0.303 e. The number of nitrogens with one attached hydrogen (secondary N) is 2. The van der Waals surface area contributed by atoms with E-state index in [2.05, 4.69) is 10.6 Å². The van der Waals surface area contributed by atoms with Gasteiger partial charge in [0.05, 0.1) is 6.04 Å².